The Morgan fingerprint density at radius 1 is 1.21 bits per heavy atom. The molecule has 1 fully saturated rings. The number of imidazole rings is 1. The Balaban J connectivity index is 1.34. The molecule has 2 amide bonds. The minimum absolute atomic E-state index is 0.0262. The van der Waals surface area contributed by atoms with Crippen LogP contribution in [-0.4, -0.2) is 32.6 Å². The smallest absolute Gasteiger partial charge is 0.225 e. The van der Waals surface area contributed by atoms with Crippen molar-refractivity contribution in [1.29, 1.82) is 0 Å². The highest BCUT2D eigenvalue weighted by Crippen LogP contribution is 2.21. The van der Waals surface area contributed by atoms with Crippen LogP contribution in [0.5, 0.6) is 0 Å². The van der Waals surface area contributed by atoms with Gasteiger partial charge in [0.15, 0.2) is 0 Å². The van der Waals surface area contributed by atoms with Gasteiger partial charge in [0.25, 0.3) is 0 Å². The summed E-state index contributed by atoms with van der Waals surface area (Å²) in [6.07, 6.45) is 4.08. The number of hydrogen-bond donors (Lipinski definition) is 1. The molecule has 0 radical (unpaired) electrons. The van der Waals surface area contributed by atoms with E-state index in [1.807, 2.05) is 60.1 Å². The molecule has 144 valence electrons. The number of carbonyl (C=O) groups is 2. The highest BCUT2D eigenvalue weighted by molar-refractivity contribution is 9.10. The second-order valence-electron chi connectivity index (χ2n) is 7.22. The van der Waals surface area contributed by atoms with Crippen LogP contribution in [0, 0.1) is 12.8 Å². The Hall–Kier alpha value is -2.67. The van der Waals surface area contributed by atoms with Gasteiger partial charge in [-0.25, -0.2) is 4.98 Å². The minimum Gasteiger partial charge on any atom is -0.350 e. The molecule has 4 rings (SSSR count). The molecule has 1 aromatic carbocycles. The molecule has 2 aromatic heterocycles. The topological polar surface area (TPSA) is 66.7 Å². The van der Waals surface area contributed by atoms with Crippen LogP contribution in [0.2, 0.25) is 0 Å². The SMILES string of the molecule is Cc1ccc(CN2CC(C(=O)NCc3cn4cc(Br)ccc4n3)CC2=O)cc1. The molecule has 0 bridgehead atoms. The number of aryl methyl sites for hydroxylation is 1. The highest BCUT2D eigenvalue weighted by Gasteiger charge is 2.34. The van der Waals surface area contributed by atoms with Gasteiger partial charge < -0.3 is 14.6 Å². The second-order valence-corrected chi connectivity index (χ2v) is 8.14. The molecular formula is C21H21BrN4O2. The van der Waals surface area contributed by atoms with Crippen molar-refractivity contribution in [2.75, 3.05) is 6.54 Å². The van der Waals surface area contributed by atoms with Crippen molar-refractivity contribution >= 4 is 33.4 Å². The van der Waals surface area contributed by atoms with Gasteiger partial charge in [-0.1, -0.05) is 29.8 Å². The van der Waals surface area contributed by atoms with Gasteiger partial charge in [-0.05, 0) is 40.5 Å². The molecular weight excluding hydrogens is 420 g/mol. The number of aromatic nitrogens is 2. The van der Waals surface area contributed by atoms with Crippen molar-refractivity contribution in [1.82, 2.24) is 19.6 Å². The Kier molecular flexibility index (Phi) is 5.17. The van der Waals surface area contributed by atoms with Gasteiger partial charge >= 0.3 is 0 Å². The molecule has 7 heteroatoms. The van der Waals surface area contributed by atoms with E-state index in [1.165, 1.54) is 5.56 Å². The number of carbonyl (C=O) groups excluding carboxylic acids is 2. The number of nitrogens with zero attached hydrogens (tertiary/aromatic N) is 3. The third-order valence-corrected chi connectivity index (χ3v) is 5.46. The Bertz CT molecular complexity index is 1030. The van der Waals surface area contributed by atoms with E-state index in [0.717, 1.165) is 21.4 Å². The lowest BCUT2D eigenvalue weighted by molar-refractivity contribution is -0.129. The quantitative estimate of drug-likeness (QED) is 0.662. The predicted octanol–water partition coefficient (Wildman–Crippen LogP) is 3.07. The fourth-order valence-electron chi connectivity index (χ4n) is 3.44. The summed E-state index contributed by atoms with van der Waals surface area (Å²) >= 11 is 3.43. The molecule has 3 aromatic rings. The predicted molar refractivity (Wildman–Crippen MR) is 109 cm³/mol. The van der Waals surface area contributed by atoms with Gasteiger partial charge in [-0.2, -0.15) is 0 Å². The standard InChI is InChI=1S/C21H21BrN4O2/c1-14-2-4-15(5-3-14)10-26-11-16(8-20(26)27)21(28)23-9-18-13-25-12-17(22)6-7-19(25)24-18/h2-7,12-13,16H,8-11H2,1H3,(H,23,28). The zero-order valence-corrected chi connectivity index (χ0v) is 17.1. The third kappa shape index (κ3) is 4.09. The highest BCUT2D eigenvalue weighted by atomic mass is 79.9. The van der Waals surface area contributed by atoms with E-state index in [0.29, 0.717) is 19.6 Å². The summed E-state index contributed by atoms with van der Waals surface area (Å²) in [7, 11) is 0. The average Bonchev–Trinajstić information content (AvgIpc) is 3.24. The normalized spacial score (nSPS) is 16.7. The van der Waals surface area contributed by atoms with E-state index >= 15 is 0 Å². The van der Waals surface area contributed by atoms with Crippen molar-refractivity contribution in [3.05, 3.63) is 70.1 Å². The van der Waals surface area contributed by atoms with Gasteiger partial charge in [0.1, 0.15) is 5.65 Å². The first-order chi connectivity index (χ1) is 13.5. The van der Waals surface area contributed by atoms with Gasteiger partial charge in [0, 0.05) is 36.4 Å². The van der Waals surface area contributed by atoms with Crippen LogP contribution in [0.4, 0.5) is 0 Å². The van der Waals surface area contributed by atoms with E-state index in [2.05, 4.69) is 26.2 Å². The zero-order valence-electron chi connectivity index (χ0n) is 15.6. The average molecular weight is 441 g/mol. The van der Waals surface area contributed by atoms with Gasteiger partial charge in [0.2, 0.25) is 11.8 Å². The van der Waals surface area contributed by atoms with Gasteiger partial charge in [-0.3, -0.25) is 9.59 Å². The van der Waals surface area contributed by atoms with Crippen molar-refractivity contribution in [2.45, 2.75) is 26.4 Å². The van der Waals surface area contributed by atoms with Crippen LogP contribution in [0.1, 0.15) is 23.2 Å². The summed E-state index contributed by atoms with van der Waals surface area (Å²) < 4.78 is 2.87. The lowest BCUT2D eigenvalue weighted by Crippen LogP contribution is -2.32. The first-order valence-electron chi connectivity index (χ1n) is 9.22. The summed E-state index contributed by atoms with van der Waals surface area (Å²) in [6, 6.07) is 12.0. The number of nitrogens with one attached hydrogen (secondary N) is 1. The Labute approximate surface area is 171 Å². The molecule has 1 saturated heterocycles. The molecule has 6 nitrogen and oxygen atoms in total. The maximum atomic E-state index is 12.5. The molecule has 1 atom stereocenters. The van der Waals surface area contributed by atoms with E-state index in [-0.39, 0.29) is 24.2 Å². The van der Waals surface area contributed by atoms with Crippen LogP contribution in [0.25, 0.3) is 5.65 Å². The number of rotatable bonds is 5. The summed E-state index contributed by atoms with van der Waals surface area (Å²) in [5.41, 5.74) is 3.88. The number of amides is 2. The second kappa shape index (κ2) is 7.75. The van der Waals surface area contributed by atoms with Gasteiger partial charge in [-0.15, -0.1) is 0 Å². The molecule has 0 aliphatic carbocycles. The van der Waals surface area contributed by atoms with E-state index < -0.39 is 0 Å². The first kappa shape index (κ1) is 18.7. The van der Waals surface area contributed by atoms with Crippen molar-refractivity contribution in [3.8, 4) is 0 Å². The maximum Gasteiger partial charge on any atom is 0.225 e. The van der Waals surface area contributed by atoms with Crippen LogP contribution < -0.4 is 5.32 Å². The van der Waals surface area contributed by atoms with E-state index in [9.17, 15) is 9.59 Å². The van der Waals surface area contributed by atoms with Crippen molar-refractivity contribution in [2.24, 2.45) is 5.92 Å². The number of halogens is 1. The lowest BCUT2D eigenvalue weighted by Gasteiger charge is -2.16. The van der Waals surface area contributed by atoms with Crippen molar-refractivity contribution in [3.63, 3.8) is 0 Å². The summed E-state index contributed by atoms with van der Waals surface area (Å²) in [5, 5.41) is 2.92. The maximum absolute atomic E-state index is 12.5. The lowest BCUT2D eigenvalue weighted by atomic mass is 10.1. The molecule has 3 heterocycles. The van der Waals surface area contributed by atoms with E-state index in [4.69, 9.17) is 0 Å². The molecule has 1 unspecified atom stereocenters. The Morgan fingerprint density at radius 2 is 2.00 bits per heavy atom. The molecule has 28 heavy (non-hydrogen) atoms. The van der Waals surface area contributed by atoms with Gasteiger partial charge in [0.05, 0.1) is 18.2 Å². The number of pyridine rings is 1. The fraction of sp³-hybridized carbons (Fsp3) is 0.286. The van der Waals surface area contributed by atoms with E-state index in [1.54, 1.807) is 4.90 Å². The fourth-order valence-corrected chi connectivity index (χ4v) is 3.79. The summed E-state index contributed by atoms with van der Waals surface area (Å²) in [4.78, 5) is 31.1. The zero-order chi connectivity index (χ0) is 19.7. The number of benzene rings is 1. The molecule has 0 spiro atoms. The van der Waals surface area contributed by atoms with Crippen LogP contribution in [0.15, 0.2) is 53.3 Å². The largest absolute Gasteiger partial charge is 0.350 e. The minimum atomic E-state index is -0.316. The molecule has 0 saturated carbocycles. The molecule has 1 aliphatic rings. The number of likely N-dealkylation sites (tertiary alicyclic amines) is 1. The first-order valence-corrected chi connectivity index (χ1v) is 10.0. The van der Waals surface area contributed by atoms with Crippen molar-refractivity contribution < 1.29 is 9.59 Å². The molecule has 1 aliphatic heterocycles. The third-order valence-electron chi connectivity index (χ3n) is 4.99. The van der Waals surface area contributed by atoms with Crippen LogP contribution >= 0.6 is 15.9 Å². The monoisotopic (exact) mass is 440 g/mol. The van der Waals surface area contributed by atoms with Crippen LogP contribution in [-0.2, 0) is 22.7 Å². The summed E-state index contributed by atoms with van der Waals surface area (Å²) in [5.74, 6) is -0.388. The molecule has 1 N–H and O–H groups in total. The van der Waals surface area contributed by atoms with Crippen LogP contribution in [0.3, 0.4) is 0 Å². The number of fused-ring (bicyclic) bond motifs is 1. The number of hydrogen-bond acceptors (Lipinski definition) is 3. The Morgan fingerprint density at radius 3 is 2.79 bits per heavy atom. The summed E-state index contributed by atoms with van der Waals surface area (Å²) in [6.45, 7) is 3.38.